The number of hydrogen-bond donors (Lipinski definition) is 2. The Balaban J connectivity index is 1.40. The molecule has 1 saturated carbocycles. The fraction of sp³-hybridized carbons (Fsp3) is 0.645. The minimum Gasteiger partial charge on any atom is -0.497 e. The van der Waals surface area contributed by atoms with Crippen molar-refractivity contribution in [1.82, 2.24) is 25.1 Å². The lowest BCUT2D eigenvalue weighted by Crippen LogP contribution is -2.57. The molecule has 2 heterocycles. The molecule has 1 aliphatic heterocycles. The first-order valence-electron chi connectivity index (χ1n) is 15.0. The van der Waals surface area contributed by atoms with Crippen LogP contribution in [0.25, 0.3) is 0 Å². The number of carbonyl (C=O) groups excluding carboxylic acids is 1. The fourth-order valence-electron chi connectivity index (χ4n) is 6.24. The minimum atomic E-state index is -0.456. The quantitative estimate of drug-likeness (QED) is 0.367. The summed E-state index contributed by atoms with van der Waals surface area (Å²) in [6, 6.07) is 7.44. The monoisotopic (exact) mass is 569 g/mol. The number of aromatic nitrogens is 2. The molecule has 220 valence electrons. The number of ether oxygens (including phenoxy) is 2. The zero-order valence-electron chi connectivity index (χ0n) is 24.5. The van der Waals surface area contributed by atoms with E-state index in [1.165, 1.54) is 32.1 Å². The van der Waals surface area contributed by atoms with E-state index in [0.29, 0.717) is 24.0 Å². The first kappa shape index (κ1) is 30.3. The second-order valence-corrected chi connectivity index (χ2v) is 11.8. The summed E-state index contributed by atoms with van der Waals surface area (Å²) in [5.74, 6) is 1.50. The first-order valence-corrected chi connectivity index (χ1v) is 15.4. The average molecular weight is 570 g/mol. The fourth-order valence-corrected chi connectivity index (χ4v) is 6.48. The van der Waals surface area contributed by atoms with Gasteiger partial charge in [0.2, 0.25) is 5.91 Å². The Morgan fingerprint density at radius 1 is 1.18 bits per heavy atom. The molecular formula is C31H47N5O3S. The van der Waals surface area contributed by atoms with Gasteiger partial charge in [0.15, 0.2) is 5.11 Å². The molecule has 2 aliphatic rings. The lowest BCUT2D eigenvalue weighted by atomic mass is 9.72. The van der Waals surface area contributed by atoms with Gasteiger partial charge in [-0.2, -0.15) is 0 Å². The van der Waals surface area contributed by atoms with Crippen molar-refractivity contribution in [3.63, 3.8) is 0 Å². The summed E-state index contributed by atoms with van der Waals surface area (Å²) >= 11 is 5.64. The molecule has 0 unspecified atom stereocenters. The highest BCUT2D eigenvalue weighted by molar-refractivity contribution is 7.80. The van der Waals surface area contributed by atoms with Crippen LogP contribution in [0.3, 0.4) is 0 Å². The predicted octanol–water partition coefficient (Wildman–Crippen LogP) is 4.41. The number of amides is 1. The van der Waals surface area contributed by atoms with Crippen molar-refractivity contribution < 1.29 is 14.3 Å². The summed E-state index contributed by atoms with van der Waals surface area (Å²) in [6.45, 7) is 5.06. The Hall–Kier alpha value is -2.65. The number of nitrogens with zero attached hydrogens (tertiary/aromatic N) is 3. The van der Waals surface area contributed by atoms with Crippen molar-refractivity contribution in [3.05, 3.63) is 48.0 Å². The van der Waals surface area contributed by atoms with Gasteiger partial charge in [-0.25, -0.2) is 4.98 Å². The zero-order chi connectivity index (χ0) is 28.4. The number of carbonyl (C=O) groups is 1. The van der Waals surface area contributed by atoms with E-state index in [9.17, 15) is 4.79 Å². The van der Waals surface area contributed by atoms with Crippen LogP contribution >= 0.6 is 12.2 Å². The van der Waals surface area contributed by atoms with Crippen molar-refractivity contribution >= 4 is 23.2 Å². The molecule has 8 nitrogen and oxygen atoms in total. The van der Waals surface area contributed by atoms with Crippen LogP contribution in [-0.2, 0) is 29.4 Å². The van der Waals surface area contributed by atoms with Crippen LogP contribution in [0.15, 0.2) is 36.8 Å². The van der Waals surface area contributed by atoms with E-state index in [1.807, 2.05) is 47.0 Å². The molecule has 0 spiro atoms. The number of thiocarbonyl (C=S) groups is 1. The molecule has 0 bridgehead atoms. The molecule has 40 heavy (non-hydrogen) atoms. The maximum atomic E-state index is 14.0. The summed E-state index contributed by atoms with van der Waals surface area (Å²) in [7, 11) is 3.62. The highest BCUT2D eigenvalue weighted by atomic mass is 32.1. The van der Waals surface area contributed by atoms with Crippen molar-refractivity contribution in [2.24, 2.45) is 13.0 Å². The molecule has 0 radical (unpaired) electrons. The maximum absolute atomic E-state index is 14.0. The first-order chi connectivity index (χ1) is 19.4. The van der Waals surface area contributed by atoms with Gasteiger partial charge >= 0.3 is 0 Å². The van der Waals surface area contributed by atoms with Crippen LogP contribution in [0.1, 0.15) is 69.5 Å². The largest absolute Gasteiger partial charge is 0.497 e. The van der Waals surface area contributed by atoms with Crippen LogP contribution < -0.4 is 15.4 Å². The second kappa shape index (κ2) is 14.8. The predicted molar refractivity (Wildman–Crippen MR) is 162 cm³/mol. The van der Waals surface area contributed by atoms with Crippen LogP contribution in [0.4, 0.5) is 0 Å². The van der Waals surface area contributed by atoms with Crippen LogP contribution in [0, 0.1) is 5.92 Å². The van der Waals surface area contributed by atoms with E-state index in [-0.39, 0.29) is 11.5 Å². The molecule has 1 aliphatic carbocycles. The van der Waals surface area contributed by atoms with Crippen molar-refractivity contribution in [3.8, 4) is 5.75 Å². The number of rotatable bonds is 12. The summed E-state index contributed by atoms with van der Waals surface area (Å²) in [5, 5.41) is 7.10. The Labute approximate surface area is 245 Å². The van der Waals surface area contributed by atoms with E-state index in [2.05, 4.69) is 22.5 Å². The molecule has 1 aromatic carbocycles. The summed E-state index contributed by atoms with van der Waals surface area (Å²) in [4.78, 5) is 20.4. The Bertz CT molecular complexity index is 1070. The Kier molecular flexibility index (Phi) is 11.2. The average Bonchev–Trinajstić information content (AvgIpc) is 3.41. The molecule has 4 rings (SSSR count). The highest BCUT2D eigenvalue weighted by Crippen LogP contribution is 2.42. The number of methoxy groups -OCH3 is 1. The molecule has 1 saturated heterocycles. The second-order valence-electron chi connectivity index (χ2n) is 11.4. The number of piperidine rings is 1. The third kappa shape index (κ3) is 8.19. The number of imidazole rings is 1. The van der Waals surface area contributed by atoms with E-state index < -0.39 is 6.04 Å². The van der Waals surface area contributed by atoms with Crippen LogP contribution in [0.5, 0.6) is 5.75 Å². The summed E-state index contributed by atoms with van der Waals surface area (Å²) < 4.78 is 13.9. The lowest BCUT2D eigenvalue weighted by Gasteiger charge is -2.48. The molecule has 9 heteroatoms. The lowest BCUT2D eigenvalue weighted by molar-refractivity contribution is -0.149. The number of benzene rings is 1. The number of likely N-dealkylation sites (tertiary alicyclic amines) is 1. The van der Waals surface area contributed by atoms with E-state index in [1.54, 1.807) is 13.4 Å². The van der Waals surface area contributed by atoms with Gasteiger partial charge < -0.3 is 29.6 Å². The topological polar surface area (TPSA) is 80.6 Å². The van der Waals surface area contributed by atoms with E-state index in [0.717, 1.165) is 62.4 Å². The molecule has 2 N–H and O–H groups in total. The third-order valence-corrected chi connectivity index (χ3v) is 8.75. The van der Waals surface area contributed by atoms with Gasteiger partial charge in [-0.15, -0.1) is 0 Å². The molecule has 1 amide bonds. The third-order valence-electron chi connectivity index (χ3n) is 8.49. The van der Waals surface area contributed by atoms with Gasteiger partial charge in [0, 0.05) is 52.3 Å². The highest BCUT2D eigenvalue weighted by Gasteiger charge is 2.44. The Morgan fingerprint density at radius 3 is 2.52 bits per heavy atom. The molecule has 2 aromatic rings. The van der Waals surface area contributed by atoms with Gasteiger partial charge in [-0.3, -0.25) is 4.79 Å². The summed E-state index contributed by atoms with van der Waals surface area (Å²) in [5.41, 5.74) is 1.97. The molecule has 1 atom stereocenters. The normalized spacial score (nSPS) is 18.2. The van der Waals surface area contributed by atoms with Crippen molar-refractivity contribution in [2.45, 2.75) is 82.8 Å². The number of hydrogen-bond acceptors (Lipinski definition) is 5. The van der Waals surface area contributed by atoms with Crippen molar-refractivity contribution in [1.29, 1.82) is 0 Å². The maximum Gasteiger partial charge on any atom is 0.245 e. The van der Waals surface area contributed by atoms with Gasteiger partial charge in [0.25, 0.3) is 0 Å². The van der Waals surface area contributed by atoms with Crippen LogP contribution in [-0.4, -0.2) is 70.5 Å². The molecule has 2 fully saturated rings. The summed E-state index contributed by atoms with van der Waals surface area (Å²) in [6.07, 6.45) is 14.4. The zero-order valence-corrected chi connectivity index (χ0v) is 25.3. The number of aryl methyl sites for hydroxylation is 1. The van der Waals surface area contributed by atoms with Crippen LogP contribution in [0.2, 0.25) is 0 Å². The van der Waals surface area contributed by atoms with Gasteiger partial charge in [0.1, 0.15) is 11.8 Å². The van der Waals surface area contributed by atoms with E-state index in [4.69, 9.17) is 21.7 Å². The molecular weight excluding hydrogens is 522 g/mol. The minimum absolute atomic E-state index is 0.0888. The van der Waals surface area contributed by atoms with Gasteiger partial charge in [-0.05, 0) is 67.9 Å². The van der Waals surface area contributed by atoms with Gasteiger partial charge in [-0.1, -0.05) is 38.3 Å². The van der Waals surface area contributed by atoms with Crippen molar-refractivity contribution in [2.75, 3.05) is 33.4 Å². The molecule has 1 aromatic heterocycles. The standard InChI is InChI=1S/C31H47N5O3S/c1-4-20-39-31(25-8-6-5-7-9-25)15-18-36(19-16-31)29(37)28(21-24-10-12-27(38-3)13-11-24)34-30(40)32-17-14-26-22-35(2)23-33-26/h10-13,22-23,25,28H,4-9,14-21H2,1-3H3,(H2,32,34,40)/t28-/m1/s1. The van der Waals surface area contributed by atoms with E-state index >= 15 is 0 Å². The SMILES string of the molecule is CCCOC1(C2CCCCC2)CCN(C(=O)[C@@H](Cc2ccc(OC)cc2)NC(=S)NCCc2cn(C)cn2)CC1. The smallest absolute Gasteiger partial charge is 0.245 e. The number of nitrogens with one attached hydrogen (secondary N) is 2. The Morgan fingerprint density at radius 2 is 1.90 bits per heavy atom. The van der Waals surface area contributed by atoms with Gasteiger partial charge in [0.05, 0.1) is 24.7 Å².